The third kappa shape index (κ3) is 29.0. The van der Waals surface area contributed by atoms with Crippen LogP contribution in [0.2, 0.25) is 0 Å². The van der Waals surface area contributed by atoms with Crippen LogP contribution in [0.1, 0.15) is 353 Å². The monoisotopic (exact) mass is 2120 g/mol. The summed E-state index contributed by atoms with van der Waals surface area (Å²) in [6.07, 6.45) is 13.5. The smallest absolute Gasteiger partial charge is 0.127 e. The number of hydrogen-bond donors (Lipinski definition) is 11. The van der Waals surface area contributed by atoms with Gasteiger partial charge in [0.1, 0.15) is 52.8 Å². The Labute approximate surface area is 898 Å². The Morgan fingerprint density at radius 2 is 0.711 bits per heavy atom. The Hall–Kier alpha value is -9.35. The van der Waals surface area contributed by atoms with E-state index < -0.39 is 23.8 Å². The predicted molar refractivity (Wildman–Crippen MR) is 599 cm³/mol. The number of benzene rings is 7. The van der Waals surface area contributed by atoms with E-state index in [1.807, 2.05) is 118 Å². The summed E-state index contributed by atoms with van der Waals surface area (Å²) in [5.74, 6) is 7.77. The number of fused-ring (bicyclic) bond motifs is 13. The second-order valence-corrected chi connectivity index (χ2v) is 46.9. The lowest BCUT2D eigenvalue weighted by atomic mass is 9.76. The lowest BCUT2D eigenvalue weighted by Crippen LogP contribution is -2.28. The lowest BCUT2D eigenvalue weighted by molar-refractivity contribution is 0.0714. The maximum atomic E-state index is 13.2. The quantitative estimate of drug-likeness (QED) is 0.0673. The Morgan fingerprint density at radius 3 is 1.34 bits per heavy atom. The first kappa shape index (κ1) is 118. The number of rotatable bonds is 0. The highest BCUT2D eigenvalue weighted by molar-refractivity contribution is 7.11. The van der Waals surface area contributed by atoms with Crippen LogP contribution in [-0.2, 0) is 64.2 Å². The molecule has 0 amide bonds. The minimum Gasteiger partial charge on any atom is -0.493 e. The summed E-state index contributed by atoms with van der Waals surface area (Å²) in [6.45, 7) is 33.3. The van der Waals surface area contributed by atoms with Gasteiger partial charge < -0.3 is 79.2 Å². The summed E-state index contributed by atoms with van der Waals surface area (Å²) in [4.78, 5) is 5.62. The summed E-state index contributed by atoms with van der Waals surface area (Å²) in [5, 5.41) is 113. The molecule has 11 N–H and O–H groups in total. The third-order valence-corrected chi connectivity index (χ3v) is 36.3. The maximum absolute atomic E-state index is 13.2. The number of aliphatic hydroxyl groups is 11. The summed E-state index contributed by atoms with van der Waals surface area (Å²) < 4.78 is 66.3. The van der Waals surface area contributed by atoms with Gasteiger partial charge in [0, 0.05) is 128 Å². The molecule has 6 aromatic heterocycles. The van der Waals surface area contributed by atoms with Crippen molar-refractivity contribution in [2.24, 2.45) is 5.41 Å². The minimum absolute atomic E-state index is 0. The molecule has 806 valence electrons. The van der Waals surface area contributed by atoms with E-state index >= 15 is 0 Å². The van der Waals surface area contributed by atoms with Gasteiger partial charge in [0.25, 0.3) is 0 Å². The molecular weight excluding hydrogens is 1950 g/mol. The Balaban J connectivity index is 0.000000143. The average molecular weight is 2120 g/mol. The number of aryl methyl sites for hydroxylation is 4. The van der Waals surface area contributed by atoms with Crippen molar-refractivity contribution in [3.05, 3.63) is 365 Å². The van der Waals surface area contributed by atoms with Crippen LogP contribution in [0.15, 0.2) is 231 Å². The molecule has 0 fully saturated rings. The Bertz CT molecular complexity index is 6050. The van der Waals surface area contributed by atoms with Crippen molar-refractivity contribution in [1.29, 1.82) is 0 Å². The minimum atomic E-state index is -0.651. The maximum Gasteiger partial charge on any atom is 0.127 e. The van der Waals surface area contributed by atoms with Gasteiger partial charge in [0.15, 0.2) is 0 Å². The normalized spacial score (nSPS) is 27.3. The average Bonchev–Trinajstić information content (AvgIpc) is 1.62. The van der Waals surface area contributed by atoms with Crippen molar-refractivity contribution in [2.45, 2.75) is 359 Å². The van der Waals surface area contributed by atoms with Crippen LogP contribution in [0, 0.1) is 22.9 Å². The molecule has 24 atom stereocenters. The molecule has 3 aliphatic heterocycles. The fourth-order valence-corrected chi connectivity index (χ4v) is 26.4. The van der Waals surface area contributed by atoms with Crippen LogP contribution in [0.3, 0.4) is 0 Å². The van der Waals surface area contributed by atoms with Crippen LogP contribution in [-0.4, -0.2) is 143 Å². The van der Waals surface area contributed by atoms with E-state index in [0.29, 0.717) is 77.1 Å². The van der Waals surface area contributed by atoms with E-state index in [4.69, 9.17) is 23.0 Å². The molecule has 16 nitrogen and oxygen atoms in total. The van der Waals surface area contributed by atoms with Gasteiger partial charge in [-0.05, 0) is 259 Å². The number of aliphatic hydroxyl groups excluding tert-OH is 11. The van der Waals surface area contributed by atoms with Gasteiger partial charge >= 0.3 is 0 Å². The molecular formula is C126H161F3O16S4. The first-order valence-electron chi connectivity index (χ1n) is 52.8. The highest BCUT2D eigenvalue weighted by Crippen LogP contribution is 2.48. The molecule has 13 aliphatic rings. The predicted octanol–water partition coefficient (Wildman–Crippen LogP) is 27.1. The number of para-hydroxylation sites is 3. The molecule has 26 rings (SSSR count). The van der Waals surface area contributed by atoms with Crippen LogP contribution in [0.5, 0.6) is 17.2 Å². The van der Waals surface area contributed by atoms with E-state index in [-0.39, 0.29) is 117 Å². The zero-order chi connectivity index (χ0) is 105. The second kappa shape index (κ2) is 54.5. The van der Waals surface area contributed by atoms with Crippen molar-refractivity contribution in [2.75, 3.05) is 19.8 Å². The van der Waals surface area contributed by atoms with Gasteiger partial charge in [-0.1, -0.05) is 234 Å². The number of hydrogen-bond acceptors (Lipinski definition) is 20. The molecule has 23 heteroatoms. The molecule has 0 spiro atoms. The summed E-state index contributed by atoms with van der Waals surface area (Å²) in [7, 11) is 0. The number of halogens is 3. The first-order valence-corrected chi connectivity index (χ1v) is 56.3. The van der Waals surface area contributed by atoms with Crippen LogP contribution >= 0.6 is 45.3 Å². The molecule has 13 aromatic rings. The van der Waals surface area contributed by atoms with Gasteiger partial charge in [-0.3, -0.25) is 0 Å². The molecule has 7 aromatic carbocycles. The zero-order valence-electron chi connectivity index (χ0n) is 87.7. The standard InChI is InChI=1S/C13H18O.C10H10F2O.C10H11FO.C10H12O2.2C10H12O.2C9H12O2.2C9H12OS.C9H10O.2C8H10OS.2CH4/c1-13(2,3)12-10-7-5-4-6-9(10)8-11(12)14;1-5-9(13)4-6-7(11)2-3-8(12)10(5)6;1-6-7-3-2-4-9(11)8(7)5-10(6)12;1-7-8-4-2-3-5-10(8)12-6-9(7)11;1-8-6-7-11-10-5-3-2-4-9(8)10;1-7-9-5-3-2-4-8(9)6-10(7)11;1-6-7-4-5-11-9(7)3-2-8(6)10;1-6-8(10)3-2-7-4-5-11-9(6)7;1-6-7-4-5-11-9(7)3-2-8(6)10;1-6-8(10)3-2-7-4-5-11-9(6)7;1-7-6-10-9-5-3-2-4-8(7)9;1-5-6-2-3-10-8(6)4-7(5)9;1-5-7(9)4-6-2-3-10-8(5)6;;/h4-7,11-12,14H,8H2,1-3H3;2-3,5,9,13H,4H2,1H3;2-4,6,10,12H,5H2,1H3;2-5,7,9,11H,6H2,1H3;2-5,8H,6-7H2,1H3;2-5,7,10-11H,6H2,1H3;4*4-6,8,10H,2-3H2,1H3;2-5,7H,6H2,1H3;2*2-3,5,7,9H,4H2,1H3;2*1H4/t;5-,9-;6-,10+;7-,9+;8-;7-,10+;6-,8+;6-,8-;6-,8+;6-,8-;7-;5-,7+;5-,7-;;/m.100100101101../s1. The third-order valence-electron chi connectivity index (χ3n) is 32.0. The summed E-state index contributed by atoms with van der Waals surface area (Å²) >= 11 is 7.12. The Morgan fingerprint density at radius 1 is 0.282 bits per heavy atom. The molecule has 0 saturated carbocycles. The van der Waals surface area contributed by atoms with E-state index in [9.17, 15) is 69.3 Å². The fraction of sp³-hybridized carbons (Fsp3) is 0.476. The first-order chi connectivity index (χ1) is 70.4. The van der Waals surface area contributed by atoms with Crippen LogP contribution < -0.4 is 14.2 Å². The van der Waals surface area contributed by atoms with Crippen molar-refractivity contribution < 1.29 is 92.4 Å². The molecule has 0 radical (unpaired) electrons. The lowest BCUT2D eigenvalue weighted by Gasteiger charge is -2.30. The van der Waals surface area contributed by atoms with Gasteiger partial charge in [0.2, 0.25) is 0 Å². The van der Waals surface area contributed by atoms with Crippen molar-refractivity contribution in [3.8, 4) is 17.2 Å². The highest BCUT2D eigenvalue weighted by Gasteiger charge is 2.41. The van der Waals surface area contributed by atoms with Gasteiger partial charge in [0.05, 0.1) is 92.9 Å². The van der Waals surface area contributed by atoms with E-state index in [1.165, 1.54) is 92.3 Å². The van der Waals surface area contributed by atoms with Crippen molar-refractivity contribution >= 4 is 45.3 Å². The van der Waals surface area contributed by atoms with Crippen LogP contribution in [0.4, 0.5) is 13.2 Å². The molecule has 2 unspecified atom stereocenters. The highest BCUT2D eigenvalue weighted by atomic mass is 32.1. The van der Waals surface area contributed by atoms with Crippen molar-refractivity contribution in [3.63, 3.8) is 0 Å². The molecule has 0 saturated heterocycles. The number of ether oxygens (including phenoxy) is 3. The van der Waals surface area contributed by atoms with Gasteiger partial charge in [-0.25, -0.2) is 13.2 Å². The number of furan rings is 2. The Kier molecular flexibility index (Phi) is 43.2. The topological polar surface area (TPSA) is 276 Å². The summed E-state index contributed by atoms with van der Waals surface area (Å²) in [5.41, 5.74) is 19.6. The van der Waals surface area contributed by atoms with E-state index in [1.54, 1.807) is 59.5 Å². The van der Waals surface area contributed by atoms with E-state index in [0.717, 1.165) is 149 Å². The molecule has 0 bridgehead atoms. The van der Waals surface area contributed by atoms with Crippen molar-refractivity contribution in [1.82, 2.24) is 0 Å². The number of thiophene rings is 4. The van der Waals surface area contributed by atoms with Gasteiger partial charge in [-0.2, -0.15) is 0 Å². The molecule has 9 heterocycles. The second-order valence-electron chi connectivity index (χ2n) is 43.0. The largest absolute Gasteiger partial charge is 0.493 e. The molecule has 149 heavy (non-hydrogen) atoms. The summed E-state index contributed by atoms with van der Waals surface area (Å²) in [6, 6.07) is 60.8. The SMILES string of the molecule is C.C.CC(C)(C)C1c2ccccc2CC1O.C[C@@H]1CCOc2ccccc21.C[C@@H]1COc2ccccc21.C[C@H]1c2c(F)ccc(F)c2C[C@H]1O.C[C@H]1c2cccc(F)c2C[C@H]1O.C[C@H]1c2ccccc2C[C@H]1O.C[C@H]1c2ccccc2OC[C@H]1O.C[C@H]1c2ccoc2CC[C@H]1O.C[C@H]1c2ccsc2CC[C@H]1O.C[C@H]1c2ccsc2C[C@H]1O.C[C@H]1c2occc2CC[C@H]1O.C[C@H]1c2sccc2CC[C@H]1O.C[C@H]1c2sccc2C[C@H]1O. The van der Waals surface area contributed by atoms with E-state index in [2.05, 4.69) is 176 Å². The van der Waals surface area contributed by atoms with Gasteiger partial charge in [-0.15, -0.1) is 45.3 Å². The van der Waals surface area contributed by atoms with Crippen LogP contribution in [0.25, 0.3) is 0 Å². The fourth-order valence-electron chi connectivity index (χ4n) is 22.2. The zero-order valence-corrected chi connectivity index (χ0v) is 90.9. The molecule has 10 aliphatic carbocycles.